The van der Waals surface area contributed by atoms with Crippen LogP contribution in [0.2, 0.25) is 0 Å². The molecule has 0 radical (unpaired) electrons. The summed E-state index contributed by atoms with van der Waals surface area (Å²) in [6.45, 7) is 0.0106. The molecule has 0 atom stereocenters. The van der Waals surface area contributed by atoms with E-state index in [9.17, 15) is 10.0 Å². The fraction of sp³-hybridized carbons (Fsp3) is 0.0667. The summed E-state index contributed by atoms with van der Waals surface area (Å²) in [6, 6.07) is 8.36. The lowest BCUT2D eigenvalue weighted by Gasteiger charge is -2.22. The molecule has 128 valence electrons. The number of rotatable bonds is 5. The second-order valence-corrected chi connectivity index (χ2v) is 5.14. The van der Waals surface area contributed by atoms with Crippen LogP contribution in [-0.2, 0) is 0 Å². The van der Waals surface area contributed by atoms with Crippen LogP contribution in [0.15, 0.2) is 54.0 Å². The maximum Gasteiger partial charge on any atom is 0.260 e. The summed E-state index contributed by atoms with van der Waals surface area (Å²) < 4.78 is 0. The number of hydrogen-bond donors (Lipinski definition) is 4. The van der Waals surface area contributed by atoms with Gasteiger partial charge in [0.15, 0.2) is 0 Å². The van der Waals surface area contributed by atoms with Gasteiger partial charge in [-0.3, -0.25) is 9.78 Å². The third-order valence-corrected chi connectivity index (χ3v) is 3.53. The van der Waals surface area contributed by atoms with E-state index in [0.717, 1.165) is 4.85 Å². The average Bonchev–Trinajstić information content (AvgIpc) is 3.00. The number of amidine groups is 1. The van der Waals surface area contributed by atoms with E-state index in [1.807, 2.05) is 0 Å². The first-order chi connectivity index (χ1) is 12.1. The van der Waals surface area contributed by atoms with Crippen molar-refractivity contribution in [2.24, 2.45) is 16.7 Å². The van der Waals surface area contributed by atoms with Gasteiger partial charge < -0.3 is 15.8 Å². The molecule has 0 unspecified atom stereocenters. The van der Waals surface area contributed by atoms with Gasteiger partial charge in [-0.1, -0.05) is 0 Å². The predicted molar refractivity (Wildman–Crippen MR) is 91.8 cm³/mol. The van der Waals surface area contributed by atoms with Gasteiger partial charge in [0.05, 0.1) is 18.3 Å². The Bertz CT molecular complexity index is 922. The second-order valence-electron chi connectivity index (χ2n) is 5.14. The van der Waals surface area contributed by atoms with Crippen molar-refractivity contribution in [1.29, 1.82) is 0 Å². The zero-order valence-electron chi connectivity index (χ0n) is 13.1. The fourth-order valence-electron chi connectivity index (χ4n) is 2.38. The number of carbonyl (C=O) groups excluding carboxylic acids is 1. The molecule has 0 bridgehead atoms. The first kappa shape index (κ1) is 16.2. The predicted octanol–water partition coefficient (Wildman–Crippen LogP) is 0.0509. The SMILES string of the molecule is NN/N=C(\N)CN(C(=O)c1cccnc1)c1ccc2c(cnn2O)c1. The van der Waals surface area contributed by atoms with Crippen LogP contribution in [0.4, 0.5) is 5.69 Å². The van der Waals surface area contributed by atoms with E-state index in [4.69, 9.17) is 11.6 Å². The minimum absolute atomic E-state index is 0.0106. The number of hydrazone groups is 1. The third kappa shape index (κ3) is 3.33. The number of fused-ring (bicyclic) bond motifs is 1. The zero-order valence-corrected chi connectivity index (χ0v) is 13.1. The summed E-state index contributed by atoms with van der Waals surface area (Å²) in [4.78, 5) is 19.0. The summed E-state index contributed by atoms with van der Waals surface area (Å²) >= 11 is 0. The van der Waals surface area contributed by atoms with Crippen LogP contribution in [-0.4, -0.2) is 38.4 Å². The standard InChI is InChI=1S/C15H16N8O2/c16-14(20-21-17)9-22(15(24)10-2-1-5-18-7-10)12-3-4-13-11(6-12)8-19-23(13)25/h1-8,21,25H,9,17H2,(H2,16,20). The van der Waals surface area contributed by atoms with Gasteiger partial charge >= 0.3 is 0 Å². The van der Waals surface area contributed by atoms with E-state index < -0.39 is 0 Å². The summed E-state index contributed by atoms with van der Waals surface area (Å²) in [5.74, 6) is 4.95. The number of amides is 1. The largest absolute Gasteiger partial charge is 0.411 e. The maximum atomic E-state index is 12.9. The molecule has 25 heavy (non-hydrogen) atoms. The van der Waals surface area contributed by atoms with Crippen LogP contribution in [0.5, 0.6) is 0 Å². The summed E-state index contributed by atoms with van der Waals surface area (Å²) in [5.41, 5.74) is 9.37. The molecule has 10 nitrogen and oxygen atoms in total. The molecule has 3 rings (SSSR count). The number of anilines is 1. The van der Waals surface area contributed by atoms with Crippen molar-refractivity contribution < 1.29 is 10.0 Å². The number of aromatic nitrogens is 3. The van der Waals surface area contributed by atoms with Gasteiger partial charge in [0, 0.05) is 23.5 Å². The Balaban J connectivity index is 2.02. The minimum Gasteiger partial charge on any atom is -0.411 e. The molecular weight excluding hydrogens is 324 g/mol. The number of carbonyl (C=O) groups is 1. The highest BCUT2D eigenvalue weighted by atomic mass is 16.5. The van der Waals surface area contributed by atoms with Crippen LogP contribution in [0.1, 0.15) is 10.4 Å². The van der Waals surface area contributed by atoms with Gasteiger partial charge in [-0.05, 0) is 30.3 Å². The second kappa shape index (κ2) is 6.84. The molecule has 6 N–H and O–H groups in total. The zero-order chi connectivity index (χ0) is 17.8. The highest BCUT2D eigenvalue weighted by Gasteiger charge is 2.20. The molecule has 0 aliphatic carbocycles. The van der Waals surface area contributed by atoms with E-state index >= 15 is 0 Å². The smallest absolute Gasteiger partial charge is 0.260 e. The fourth-order valence-corrected chi connectivity index (χ4v) is 2.38. The van der Waals surface area contributed by atoms with Gasteiger partial charge in [-0.2, -0.15) is 5.10 Å². The Morgan fingerprint density at radius 3 is 2.92 bits per heavy atom. The monoisotopic (exact) mass is 340 g/mol. The van der Waals surface area contributed by atoms with Crippen LogP contribution in [0.3, 0.4) is 0 Å². The molecular formula is C15H16N8O2. The number of nitrogens with two attached hydrogens (primary N) is 2. The number of nitrogens with one attached hydrogen (secondary N) is 1. The number of hydrazine groups is 1. The van der Waals surface area contributed by atoms with Gasteiger partial charge in [0.1, 0.15) is 11.4 Å². The number of hydrogen-bond acceptors (Lipinski definition) is 7. The lowest BCUT2D eigenvalue weighted by atomic mass is 10.2. The van der Waals surface area contributed by atoms with Crippen molar-refractivity contribution in [3.63, 3.8) is 0 Å². The van der Waals surface area contributed by atoms with E-state index in [2.05, 4.69) is 20.7 Å². The Kier molecular flexibility index (Phi) is 4.44. The van der Waals surface area contributed by atoms with Crippen molar-refractivity contribution in [2.75, 3.05) is 11.4 Å². The molecule has 0 aliphatic rings. The molecule has 0 saturated heterocycles. The molecule has 1 aromatic carbocycles. The average molecular weight is 340 g/mol. The molecule has 0 spiro atoms. The van der Waals surface area contributed by atoms with Gasteiger partial charge in [0.2, 0.25) is 0 Å². The Hall–Kier alpha value is -3.66. The molecule has 3 aromatic rings. The number of pyridine rings is 1. The van der Waals surface area contributed by atoms with Gasteiger partial charge in [-0.25, -0.2) is 11.4 Å². The van der Waals surface area contributed by atoms with Crippen LogP contribution in [0.25, 0.3) is 10.9 Å². The molecule has 1 amide bonds. The Morgan fingerprint density at radius 1 is 1.36 bits per heavy atom. The van der Waals surface area contributed by atoms with Crippen molar-refractivity contribution >= 4 is 28.3 Å². The van der Waals surface area contributed by atoms with Crippen molar-refractivity contribution in [1.82, 2.24) is 20.5 Å². The van der Waals surface area contributed by atoms with Gasteiger partial charge in [0.25, 0.3) is 5.91 Å². The van der Waals surface area contributed by atoms with Crippen LogP contribution < -0.4 is 22.0 Å². The summed E-state index contributed by atoms with van der Waals surface area (Å²) in [7, 11) is 0. The highest BCUT2D eigenvalue weighted by Crippen LogP contribution is 2.23. The number of benzene rings is 1. The molecule has 0 fully saturated rings. The molecule has 0 aliphatic heterocycles. The van der Waals surface area contributed by atoms with Crippen molar-refractivity contribution in [2.45, 2.75) is 0 Å². The lowest BCUT2D eigenvalue weighted by molar-refractivity contribution is 0.0990. The molecule has 0 saturated carbocycles. The van der Waals surface area contributed by atoms with E-state index in [-0.39, 0.29) is 18.3 Å². The Labute approximate surface area is 142 Å². The Morgan fingerprint density at radius 2 is 2.20 bits per heavy atom. The maximum absolute atomic E-state index is 12.9. The van der Waals surface area contributed by atoms with Crippen molar-refractivity contribution in [3.8, 4) is 0 Å². The van der Waals surface area contributed by atoms with Crippen LogP contribution >= 0.6 is 0 Å². The molecule has 2 aromatic heterocycles. The topological polar surface area (TPSA) is 148 Å². The normalized spacial score (nSPS) is 11.5. The molecule has 2 heterocycles. The van der Waals surface area contributed by atoms with E-state index in [1.54, 1.807) is 36.5 Å². The number of nitrogens with zero attached hydrogens (tertiary/aromatic N) is 5. The van der Waals surface area contributed by atoms with Crippen LogP contribution in [0, 0.1) is 0 Å². The lowest BCUT2D eigenvalue weighted by Crippen LogP contribution is -2.40. The third-order valence-electron chi connectivity index (χ3n) is 3.53. The first-order valence-corrected chi connectivity index (χ1v) is 7.26. The molecule has 10 heteroatoms. The van der Waals surface area contributed by atoms with E-state index in [0.29, 0.717) is 22.2 Å². The highest BCUT2D eigenvalue weighted by molar-refractivity contribution is 6.09. The summed E-state index contributed by atoms with van der Waals surface area (Å²) in [6.07, 6.45) is 4.54. The quantitative estimate of drug-likeness (QED) is 0.169. The van der Waals surface area contributed by atoms with E-state index in [1.165, 1.54) is 17.3 Å². The first-order valence-electron chi connectivity index (χ1n) is 7.26. The van der Waals surface area contributed by atoms with Crippen molar-refractivity contribution in [3.05, 3.63) is 54.5 Å². The van der Waals surface area contributed by atoms with Gasteiger partial charge in [-0.15, -0.1) is 9.94 Å². The minimum atomic E-state index is -0.306. The summed E-state index contributed by atoms with van der Waals surface area (Å²) in [5, 5.41) is 17.7.